The van der Waals surface area contributed by atoms with Gasteiger partial charge in [-0.15, -0.1) is 0 Å². The highest BCUT2D eigenvalue weighted by molar-refractivity contribution is 5.91. The summed E-state index contributed by atoms with van der Waals surface area (Å²) < 4.78 is 12.8. The molecule has 1 saturated carbocycles. The van der Waals surface area contributed by atoms with Crippen LogP contribution in [0.5, 0.6) is 0 Å². The fourth-order valence-electron chi connectivity index (χ4n) is 3.02. The molecule has 1 fully saturated rings. The molecule has 0 aliphatic heterocycles. The van der Waals surface area contributed by atoms with Crippen molar-refractivity contribution in [2.24, 2.45) is 17.3 Å². The SMILES string of the molecule is CC(=O)[C@H]1C[C@H](CC(=O)Nc2ccc(F)cc2)C1(C)C. The number of amides is 1. The Morgan fingerprint density at radius 2 is 1.90 bits per heavy atom. The third-order valence-corrected chi connectivity index (χ3v) is 4.52. The van der Waals surface area contributed by atoms with E-state index in [-0.39, 0.29) is 34.8 Å². The summed E-state index contributed by atoms with van der Waals surface area (Å²) in [5, 5.41) is 2.76. The van der Waals surface area contributed by atoms with Crippen LogP contribution in [-0.2, 0) is 9.59 Å². The number of hydrogen-bond donors (Lipinski definition) is 1. The summed E-state index contributed by atoms with van der Waals surface area (Å²) >= 11 is 0. The van der Waals surface area contributed by atoms with Crippen molar-refractivity contribution in [3.05, 3.63) is 30.1 Å². The van der Waals surface area contributed by atoms with Gasteiger partial charge in [0.05, 0.1) is 0 Å². The summed E-state index contributed by atoms with van der Waals surface area (Å²) in [5.74, 6) is 0.0669. The van der Waals surface area contributed by atoms with Gasteiger partial charge in [0.15, 0.2) is 0 Å². The number of carbonyl (C=O) groups excluding carboxylic acids is 2. The molecule has 2 rings (SSSR count). The third kappa shape index (κ3) is 2.89. The van der Waals surface area contributed by atoms with Crippen molar-refractivity contribution >= 4 is 17.4 Å². The van der Waals surface area contributed by atoms with Gasteiger partial charge >= 0.3 is 0 Å². The van der Waals surface area contributed by atoms with Gasteiger partial charge in [-0.2, -0.15) is 0 Å². The number of halogens is 1. The fourth-order valence-corrected chi connectivity index (χ4v) is 3.02. The van der Waals surface area contributed by atoms with Gasteiger partial charge in [0.1, 0.15) is 11.6 Å². The minimum absolute atomic E-state index is 0.0612. The van der Waals surface area contributed by atoms with Crippen molar-refractivity contribution in [2.45, 2.75) is 33.6 Å². The highest BCUT2D eigenvalue weighted by atomic mass is 19.1. The zero-order valence-electron chi connectivity index (χ0n) is 12.1. The van der Waals surface area contributed by atoms with Gasteiger partial charge in [0.25, 0.3) is 0 Å². The molecule has 2 atom stereocenters. The molecule has 3 nitrogen and oxygen atoms in total. The summed E-state index contributed by atoms with van der Waals surface area (Å²) in [5.41, 5.74) is 0.475. The van der Waals surface area contributed by atoms with Crippen molar-refractivity contribution < 1.29 is 14.0 Å². The average molecular weight is 277 g/mol. The first-order chi connectivity index (χ1) is 9.30. The maximum Gasteiger partial charge on any atom is 0.224 e. The lowest BCUT2D eigenvalue weighted by molar-refractivity contribution is -0.139. The maximum absolute atomic E-state index is 12.8. The highest BCUT2D eigenvalue weighted by Gasteiger charge is 2.50. The van der Waals surface area contributed by atoms with Crippen molar-refractivity contribution in [1.29, 1.82) is 0 Å². The number of ketones is 1. The number of benzene rings is 1. The van der Waals surface area contributed by atoms with E-state index in [4.69, 9.17) is 0 Å². The first-order valence-electron chi connectivity index (χ1n) is 6.86. The van der Waals surface area contributed by atoms with Crippen molar-refractivity contribution in [3.8, 4) is 0 Å². The Bertz CT molecular complexity index is 522. The monoisotopic (exact) mass is 277 g/mol. The van der Waals surface area contributed by atoms with Crippen LogP contribution >= 0.6 is 0 Å². The molecule has 20 heavy (non-hydrogen) atoms. The second kappa shape index (κ2) is 5.35. The Morgan fingerprint density at radius 1 is 1.30 bits per heavy atom. The van der Waals surface area contributed by atoms with Crippen molar-refractivity contribution in [3.63, 3.8) is 0 Å². The van der Waals surface area contributed by atoms with Gasteiger partial charge < -0.3 is 5.32 Å². The van der Waals surface area contributed by atoms with E-state index in [1.807, 2.05) is 13.8 Å². The van der Waals surface area contributed by atoms with E-state index >= 15 is 0 Å². The number of rotatable bonds is 4. The van der Waals surface area contributed by atoms with E-state index in [2.05, 4.69) is 5.32 Å². The number of hydrogen-bond acceptors (Lipinski definition) is 2. The number of carbonyl (C=O) groups is 2. The molecule has 1 aromatic rings. The Morgan fingerprint density at radius 3 is 2.40 bits per heavy atom. The molecule has 0 bridgehead atoms. The standard InChI is InChI=1S/C16H20FNO2/c1-10(19)14-8-11(16(14,2)3)9-15(20)18-13-6-4-12(17)5-7-13/h4-7,11,14H,8-9H2,1-3H3,(H,18,20)/t11-,14-/m1/s1. The van der Waals surface area contributed by atoms with Crippen LogP contribution in [0, 0.1) is 23.1 Å². The Hall–Kier alpha value is -1.71. The molecular weight excluding hydrogens is 257 g/mol. The van der Waals surface area contributed by atoms with E-state index < -0.39 is 0 Å². The number of anilines is 1. The summed E-state index contributed by atoms with van der Waals surface area (Å²) in [4.78, 5) is 23.4. The lowest BCUT2D eigenvalue weighted by Crippen LogP contribution is -2.49. The predicted molar refractivity (Wildman–Crippen MR) is 75.7 cm³/mol. The summed E-state index contributed by atoms with van der Waals surface area (Å²) in [6, 6.07) is 5.71. The third-order valence-electron chi connectivity index (χ3n) is 4.52. The van der Waals surface area contributed by atoms with Crippen LogP contribution in [0.4, 0.5) is 10.1 Å². The maximum atomic E-state index is 12.8. The van der Waals surface area contributed by atoms with Crippen LogP contribution in [-0.4, -0.2) is 11.7 Å². The molecule has 0 aromatic heterocycles. The Balaban J connectivity index is 1.90. The quantitative estimate of drug-likeness (QED) is 0.916. The second-order valence-corrected chi connectivity index (χ2v) is 6.18. The summed E-state index contributed by atoms with van der Waals surface area (Å²) in [7, 11) is 0. The van der Waals surface area contributed by atoms with Gasteiger partial charge in [-0.25, -0.2) is 4.39 Å². The van der Waals surface area contributed by atoms with Gasteiger partial charge in [-0.1, -0.05) is 13.8 Å². The van der Waals surface area contributed by atoms with Gasteiger partial charge in [-0.3, -0.25) is 9.59 Å². The topological polar surface area (TPSA) is 46.2 Å². The van der Waals surface area contributed by atoms with E-state index in [0.29, 0.717) is 12.1 Å². The molecule has 108 valence electrons. The molecule has 0 heterocycles. The van der Waals surface area contributed by atoms with Crippen LogP contribution < -0.4 is 5.32 Å². The van der Waals surface area contributed by atoms with Gasteiger partial charge in [0, 0.05) is 18.0 Å². The van der Waals surface area contributed by atoms with Crippen LogP contribution in [0.1, 0.15) is 33.6 Å². The minimum Gasteiger partial charge on any atom is -0.326 e. The molecule has 0 unspecified atom stereocenters. The molecule has 0 radical (unpaired) electrons. The fraction of sp³-hybridized carbons (Fsp3) is 0.500. The molecule has 0 spiro atoms. The molecule has 1 aromatic carbocycles. The van der Waals surface area contributed by atoms with E-state index in [0.717, 1.165) is 6.42 Å². The molecule has 1 aliphatic rings. The minimum atomic E-state index is -0.326. The Kier molecular flexibility index (Phi) is 3.93. The van der Waals surface area contributed by atoms with E-state index in [9.17, 15) is 14.0 Å². The highest BCUT2D eigenvalue weighted by Crippen LogP contribution is 2.53. The van der Waals surface area contributed by atoms with Crippen LogP contribution in [0.2, 0.25) is 0 Å². The predicted octanol–water partition coefficient (Wildman–Crippen LogP) is 3.41. The van der Waals surface area contributed by atoms with Gasteiger partial charge in [0.2, 0.25) is 5.91 Å². The number of Topliss-reactive ketones (excluding diaryl/α,β-unsaturated/α-hetero) is 1. The smallest absolute Gasteiger partial charge is 0.224 e. The molecule has 1 aliphatic carbocycles. The lowest BCUT2D eigenvalue weighted by Gasteiger charge is -2.51. The average Bonchev–Trinajstić information content (AvgIpc) is 2.36. The summed E-state index contributed by atoms with van der Waals surface area (Å²) in [6.07, 6.45) is 1.17. The van der Waals surface area contributed by atoms with E-state index in [1.165, 1.54) is 24.3 Å². The van der Waals surface area contributed by atoms with Crippen LogP contribution in [0.25, 0.3) is 0 Å². The van der Waals surface area contributed by atoms with E-state index in [1.54, 1.807) is 6.92 Å². The zero-order valence-corrected chi connectivity index (χ0v) is 12.1. The van der Waals surface area contributed by atoms with Crippen LogP contribution in [0.15, 0.2) is 24.3 Å². The summed E-state index contributed by atoms with van der Waals surface area (Å²) in [6.45, 7) is 5.69. The second-order valence-electron chi connectivity index (χ2n) is 6.18. The lowest BCUT2D eigenvalue weighted by atomic mass is 9.52. The molecule has 1 amide bonds. The number of nitrogens with one attached hydrogen (secondary N) is 1. The molecule has 1 N–H and O–H groups in total. The Labute approximate surface area is 118 Å². The van der Waals surface area contributed by atoms with Crippen LogP contribution in [0.3, 0.4) is 0 Å². The van der Waals surface area contributed by atoms with Crippen molar-refractivity contribution in [2.75, 3.05) is 5.32 Å². The zero-order chi connectivity index (χ0) is 14.9. The first kappa shape index (κ1) is 14.7. The largest absolute Gasteiger partial charge is 0.326 e. The van der Waals surface area contributed by atoms with Gasteiger partial charge in [-0.05, 0) is 48.9 Å². The first-order valence-corrected chi connectivity index (χ1v) is 6.86. The molecular formula is C16H20FNO2. The molecule has 0 saturated heterocycles. The normalized spacial score (nSPS) is 23.8. The van der Waals surface area contributed by atoms with Crippen molar-refractivity contribution in [1.82, 2.24) is 0 Å². The molecule has 4 heteroatoms.